The molecule has 0 fully saturated rings. The minimum Gasteiger partial charge on any atom is -0.462 e. The van der Waals surface area contributed by atoms with Crippen molar-refractivity contribution >= 4 is 19.8 Å². The summed E-state index contributed by atoms with van der Waals surface area (Å²) in [5, 5.41) is 0. The third-order valence-electron chi connectivity index (χ3n) is 8.65. The van der Waals surface area contributed by atoms with E-state index in [0.717, 1.165) is 44.9 Å². The lowest BCUT2D eigenvalue weighted by molar-refractivity contribution is -0.161. The molecule has 0 aliphatic carbocycles. The zero-order chi connectivity index (χ0) is 36.1. The molecule has 0 aromatic heterocycles. The van der Waals surface area contributed by atoms with Crippen LogP contribution in [0.3, 0.4) is 0 Å². The van der Waals surface area contributed by atoms with Gasteiger partial charge in [-0.3, -0.25) is 18.6 Å². The Kier molecular flexibility index (Phi) is 35.6. The second kappa shape index (κ2) is 36.5. The highest BCUT2D eigenvalue weighted by molar-refractivity contribution is 7.47. The van der Waals surface area contributed by atoms with E-state index < -0.39 is 26.5 Å². The van der Waals surface area contributed by atoms with Crippen LogP contribution in [0.4, 0.5) is 0 Å². The van der Waals surface area contributed by atoms with Crippen LogP contribution in [0.2, 0.25) is 0 Å². The van der Waals surface area contributed by atoms with Crippen molar-refractivity contribution in [3.05, 3.63) is 12.2 Å². The number of rotatable bonds is 38. The Morgan fingerprint density at radius 2 is 1.00 bits per heavy atom. The molecule has 0 aromatic rings. The van der Waals surface area contributed by atoms with Crippen LogP contribution in [-0.2, 0) is 32.7 Å². The Morgan fingerprint density at radius 3 is 1.45 bits per heavy atom. The van der Waals surface area contributed by atoms with Gasteiger partial charge in [-0.05, 0) is 38.5 Å². The standard InChI is InChI=1S/C39H76NO8P/c1-3-5-7-9-11-13-15-16-17-18-19-20-22-24-26-28-30-32-39(42)48-37(36-47-49(43,44)46-34-33-40)35-45-38(41)31-29-27-25-23-21-14-12-10-8-6-4-2/h16-17,37H,3-15,18-36,40H2,1-2H3,(H,43,44). The van der Waals surface area contributed by atoms with Gasteiger partial charge in [0.25, 0.3) is 0 Å². The van der Waals surface area contributed by atoms with E-state index in [1.807, 2.05) is 0 Å². The SMILES string of the molecule is CCCCCCCCC=CCCCCCCCCCC(=O)OC(COC(=O)CCCCCCCCCCCCC)COP(=O)(O)OCCN. The molecule has 0 aliphatic heterocycles. The number of carbonyl (C=O) groups is 2. The van der Waals surface area contributed by atoms with Crippen LogP contribution < -0.4 is 5.73 Å². The predicted molar refractivity (Wildman–Crippen MR) is 201 cm³/mol. The van der Waals surface area contributed by atoms with Crippen molar-refractivity contribution in [3.8, 4) is 0 Å². The summed E-state index contributed by atoms with van der Waals surface area (Å²) in [7, 11) is -4.37. The number of hydrogen-bond acceptors (Lipinski definition) is 8. The van der Waals surface area contributed by atoms with Gasteiger partial charge in [-0.15, -0.1) is 0 Å². The number of phosphoric ester groups is 1. The maximum atomic E-state index is 12.5. The number of allylic oxidation sites excluding steroid dienone is 2. The summed E-state index contributed by atoms with van der Waals surface area (Å²) >= 11 is 0. The van der Waals surface area contributed by atoms with E-state index in [1.54, 1.807) is 0 Å². The lowest BCUT2D eigenvalue weighted by atomic mass is 10.1. The van der Waals surface area contributed by atoms with E-state index in [4.69, 9.17) is 24.3 Å². The maximum absolute atomic E-state index is 12.5. The van der Waals surface area contributed by atoms with Gasteiger partial charge in [0.2, 0.25) is 0 Å². The summed E-state index contributed by atoms with van der Waals surface area (Å²) in [4.78, 5) is 34.7. The summed E-state index contributed by atoms with van der Waals surface area (Å²) in [5.74, 6) is -0.828. The molecular formula is C39H76NO8P. The second-order valence-corrected chi connectivity index (χ2v) is 15.0. The van der Waals surface area contributed by atoms with Crippen molar-refractivity contribution in [3.63, 3.8) is 0 Å². The van der Waals surface area contributed by atoms with Gasteiger partial charge < -0.3 is 20.1 Å². The summed E-state index contributed by atoms with van der Waals surface area (Å²) in [5.41, 5.74) is 5.33. The highest BCUT2D eigenvalue weighted by atomic mass is 31.2. The number of nitrogens with two attached hydrogens (primary N) is 1. The molecule has 0 heterocycles. The Bertz CT molecular complexity index is 825. The first-order chi connectivity index (χ1) is 23.8. The summed E-state index contributed by atoms with van der Waals surface area (Å²) in [6.45, 7) is 3.72. The first-order valence-electron chi connectivity index (χ1n) is 20.2. The van der Waals surface area contributed by atoms with Crippen LogP contribution in [0.15, 0.2) is 12.2 Å². The number of phosphoric acid groups is 1. The Labute approximate surface area is 300 Å². The van der Waals surface area contributed by atoms with Crippen LogP contribution in [0.1, 0.15) is 194 Å². The molecule has 0 aliphatic rings. The van der Waals surface area contributed by atoms with Gasteiger partial charge >= 0.3 is 19.8 Å². The number of hydrogen-bond donors (Lipinski definition) is 2. The molecule has 3 N–H and O–H groups in total. The van der Waals surface area contributed by atoms with Crippen LogP contribution >= 0.6 is 7.82 Å². The normalized spacial score (nSPS) is 13.5. The predicted octanol–water partition coefficient (Wildman–Crippen LogP) is 11.1. The third-order valence-corrected chi connectivity index (χ3v) is 9.64. The van der Waals surface area contributed by atoms with Crippen LogP contribution in [0, 0.1) is 0 Å². The number of ether oxygens (including phenoxy) is 2. The Morgan fingerprint density at radius 1 is 0.592 bits per heavy atom. The molecule has 2 unspecified atom stereocenters. The second-order valence-electron chi connectivity index (χ2n) is 13.5. The maximum Gasteiger partial charge on any atom is 0.472 e. The molecule has 290 valence electrons. The van der Waals surface area contributed by atoms with Gasteiger partial charge in [-0.25, -0.2) is 4.57 Å². The lowest BCUT2D eigenvalue weighted by Crippen LogP contribution is -2.29. The fraction of sp³-hybridized carbons (Fsp3) is 0.897. The van der Waals surface area contributed by atoms with E-state index >= 15 is 0 Å². The highest BCUT2D eigenvalue weighted by Crippen LogP contribution is 2.43. The molecule has 0 saturated heterocycles. The average Bonchev–Trinajstić information content (AvgIpc) is 3.08. The van der Waals surface area contributed by atoms with Crippen LogP contribution in [0.5, 0.6) is 0 Å². The summed E-state index contributed by atoms with van der Waals surface area (Å²) in [6, 6.07) is 0. The number of esters is 2. The fourth-order valence-electron chi connectivity index (χ4n) is 5.63. The van der Waals surface area contributed by atoms with E-state index in [0.29, 0.717) is 6.42 Å². The minimum absolute atomic E-state index is 0.0552. The van der Waals surface area contributed by atoms with Crippen molar-refractivity contribution in [2.45, 2.75) is 200 Å². The summed E-state index contributed by atoms with van der Waals surface area (Å²) in [6.07, 6.45) is 35.2. The molecule has 10 heteroatoms. The molecule has 0 radical (unpaired) electrons. The summed E-state index contributed by atoms with van der Waals surface area (Å²) < 4.78 is 32.7. The van der Waals surface area contributed by atoms with Gasteiger partial charge in [0.1, 0.15) is 6.61 Å². The zero-order valence-corrected chi connectivity index (χ0v) is 32.6. The molecular weight excluding hydrogens is 641 g/mol. The van der Waals surface area contributed by atoms with Crippen molar-refractivity contribution in [2.24, 2.45) is 5.73 Å². The van der Waals surface area contributed by atoms with Crippen molar-refractivity contribution < 1.29 is 37.6 Å². The smallest absolute Gasteiger partial charge is 0.462 e. The van der Waals surface area contributed by atoms with Crippen molar-refractivity contribution in [1.82, 2.24) is 0 Å². The quantitative estimate of drug-likeness (QED) is 0.0277. The molecule has 0 bridgehead atoms. The van der Waals surface area contributed by atoms with E-state index in [-0.39, 0.29) is 38.6 Å². The molecule has 0 saturated carbocycles. The topological polar surface area (TPSA) is 134 Å². The largest absolute Gasteiger partial charge is 0.472 e. The van der Waals surface area contributed by atoms with Gasteiger partial charge in [0, 0.05) is 19.4 Å². The van der Waals surface area contributed by atoms with E-state index in [2.05, 4.69) is 26.0 Å². The first-order valence-corrected chi connectivity index (χ1v) is 21.7. The number of carbonyl (C=O) groups excluding carboxylic acids is 2. The molecule has 2 atom stereocenters. The minimum atomic E-state index is -4.37. The average molecular weight is 718 g/mol. The third kappa shape index (κ3) is 36.3. The van der Waals surface area contributed by atoms with Crippen molar-refractivity contribution in [2.75, 3.05) is 26.4 Å². The molecule has 0 rings (SSSR count). The highest BCUT2D eigenvalue weighted by Gasteiger charge is 2.26. The van der Waals surface area contributed by atoms with Gasteiger partial charge in [0.05, 0.1) is 13.2 Å². The van der Waals surface area contributed by atoms with Crippen molar-refractivity contribution in [1.29, 1.82) is 0 Å². The molecule has 49 heavy (non-hydrogen) atoms. The molecule has 0 aromatic carbocycles. The van der Waals surface area contributed by atoms with Gasteiger partial charge in [0.15, 0.2) is 6.10 Å². The van der Waals surface area contributed by atoms with Gasteiger partial charge in [-0.1, -0.05) is 154 Å². The lowest BCUT2D eigenvalue weighted by Gasteiger charge is -2.19. The monoisotopic (exact) mass is 718 g/mol. The van der Waals surface area contributed by atoms with E-state index in [1.165, 1.54) is 116 Å². The van der Waals surface area contributed by atoms with Crippen LogP contribution in [0.25, 0.3) is 0 Å². The zero-order valence-electron chi connectivity index (χ0n) is 31.7. The fourth-order valence-corrected chi connectivity index (χ4v) is 6.39. The van der Waals surface area contributed by atoms with Gasteiger partial charge in [-0.2, -0.15) is 0 Å². The molecule has 9 nitrogen and oxygen atoms in total. The Hall–Kier alpha value is -1.25. The van der Waals surface area contributed by atoms with Crippen LogP contribution in [-0.4, -0.2) is 49.3 Å². The molecule has 0 spiro atoms. The van der Waals surface area contributed by atoms with E-state index in [9.17, 15) is 19.0 Å². The number of unbranched alkanes of at least 4 members (excludes halogenated alkanes) is 23. The first kappa shape index (κ1) is 47.8. The Balaban J connectivity index is 4.16. The molecule has 0 amide bonds.